The minimum Gasteiger partial charge on any atom is -0.497 e. The predicted octanol–water partition coefficient (Wildman–Crippen LogP) is 5.96. The molecule has 0 aliphatic carbocycles. The second kappa shape index (κ2) is 10.5. The smallest absolute Gasteiger partial charge is 0.229 e. The number of rotatable bonds is 9. The molecule has 0 radical (unpaired) electrons. The summed E-state index contributed by atoms with van der Waals surface area (Å²) in [6.45, 7) is 8.71. The van der Waals surface area contributed by atoms with Crippen molar-refractivity contribution in [1.29, 1.82) is 0 Å². The normalized spacial score (nSPS) is 13.8. The highest BCUT2D eigenvalue weighted by Gasteiger charge is 2.25. The molecule has 3 rings (SSSR count). The van der Waals surface area contributed by atoms with Crippen molar-refractivity contribution in [2.24, 2.45) is 5.41 Å². The molecule has 0 fully saturated rings. The van der Waals surface area contributed by atoms with Crippen LogP contribution in [0, 0.1) is 5.41 Å². The monoisotopic (exact) mass is 430 g/mol. The summed E-state index contributed by atoms with van der Waals surface area (Å²) >= 11 is 0. The van der Waals surface area contributed by atoms with Gasteiger partial charge < -0.3 is 15.4 Å². The van der Waals surface area contributed by atoms with Crippen molar-refractivity contribution < 1.29 is 9.53 Å². The molecule has 0 aliphatic heterocycles. The van der Waals surface area contributed by atoms with Gasteiger partial charge in [0.25, 0.3) is 0 Å². The molecule has 2 N–H and O–H groups in total. The molecule has 0 spiro atoms. The van der Waals surface area contributed by atoms with Crippen molar-refractivity contribution in [3.05, 3.63) is 90.0 Å². The number of ether oxygens (including phenoxy) is 1. The molecule has 0 aromatic heterocycles. The average molecular weight is 431 g/mol. The fraction of sp³-hybridized carbons (Fsp3) is 0.321. The SMILES string of the molecule is COc1cccc([C@H](C)NC(=O)C(C)(C)/C=C/CN[C@H](C)c2cccc3ccccc23)c1. The lowest BCUT2D eigenvalue weighted by Gasteiger charge is -2.24. The molecule has 1 amide bonds. The van der Waals surface area contributed by atoms with Crippen molar-refractivity contribution in [2.45, 2.75) is 39.8 Å². The second-order valence-electron chi connectivity index (χ2n) is 8.79. The Morgan fingerprint density at radius 3 is 2.50 bits per heavy atom. The first-order chi connectivity index (χ1) is 15.3. The van der Waals surface area contributed by atoms with Crippen LogP contribution in [0.3, 0.4) is 0 Å². The lowest BCUT2D eigenvalue weighted by molar-refractivity contribution is -0.127. The molecule has 0 heterocycles. The molecule has 0 aliphatic rings. The Kier molecular flexibility index (Phi) is 7.70. The Bertz CT molecular complexity index is 1080. The van der Waals surface area contributed by atoms with Gasteiger partial charge in [-0.15, -0.1) is 0 Å². The summed E-state index contributed by atoms with van der Waals surface area (Å²) in [4.78, 5) is 12.9. The van der Waals surface area contributed by atoms with Gasteiger partial charge in [-0.3, -0.25) is 4.79 Å². The predicted molar refractivity (Wildman–Crippen MR) is 133 cm³/mol. The summed E-state index contributed by atoms with van der Waals surface area (Å²) < 4.78 is 5.29. The number of methoxy groups -OCH3 is 1. The van der Waals surface area contributed by atoms with Gasteiger partial charge >= 0.3 is 0 Å². The first kappa shape index (κ1) is 23.6. The summed E-state index contributed by atoms with van der Waals surface area (Å²) in [7, 11) is 1.64. The Hall–Kier alpha value is -3.11. The minimum atomic E-state index is -0.614. The van der Waals surface area contributed by atoms with E-state index in [0.29, 0.717) is 6.54 Å². The topological polar surface area (TPSA) is 50.4 Å². The van der Waals surface area contributed by atoms with Gasteiger partial charge in [-0.05, 0) is 61.7 Å². The fourth-order valence-corrected chi connectivity index (χ4v) is 3.79. The zero-order chi connectivity index (χ0) is 23.1. The standard InChI is InChI=1S/C28H34N2O2/c1-20(23-13-8-14-24(19-23)32-5)30-27(31)28(3,4)17-10-18-29-21(2)25-16-9-12-22-11-6-7-15-26(22)25/h6-17,19-21,29H,18H2,1-5H3,(H,30,31)/b17-10+/t20-,21+/m0/s1. The lowest BCUT2D eigenvalue weighted by Crippen LogP contribution is -2.37. The van der Waals surface area contributed by atoms with Crippen LogP contribution in [0.4, 0.5) is 0 Å². The molecule has 0 saturated heterocycles. The number of hydrogen-bond donors (Lipinski definition) is 2. The molecule has 32 heavy (non-hydrogen) atoms. The zero-order valence-corrected chi connectivity index (χ0v) is 19.7. The summed E-state index contributed by atoms with van der Waals surface area (Å²) in [6, 6.07) is 22.7. The molecule has 2 atom stereocenters. The number of nitrogens with one attached hydrogen (secondary N) is 2. The van der Waals surface area contributed by atoms with Gasteiger partial charge in [0.05, 0.1) is 18.6 Å². The van der Waals surface area contributed by atoms with Gasteiger partial charge in [-0.25, -0.2) is 0 Å². The first-order valence-corrected chi connectivity index (χ1v) is 11.2. The second-order valence-corrected chi connectivity index (χ2v) is 8.79. The highest BCUT2D eigenvalue weighted by molar-refractivity contribution is 5.86. The molecule has 4 nitrogen and oxygen atoms in total. The van der Waals surface area contributed by atoms with E-state index in [9.17, 15) is 4.79 Å². The molecule has 4 heteroatoms. The fourth-order valence-electron chi connectivity index (χ4n) is 3.79. The van der Waals surface area contributed by atoms with Crippen LogP contribution < -0.4 is 15.4 Å². The highest BCUT2D eigenvalue weighted by Crippen LogP contribution is 2.25. The van der Waals surface area contributed by atoms with Crippen LogP contribution in [-0.2, 0) is 4.79 Å². The van der Waals surface area contributed by atoms with Crippen LogP contribution in [0.5, 0.6) is 5.75 Å². The Balaban J connectivity index is 1.57. The number of benzene rings is 3. The number of carbonyl (C=O) groups excluding carboxylic acids is 1. The first-order valence-electron chi connectivity index (χ1n) is 11.2. The molecule has 3 aromatic rings. The molecule has 0 unspecified atom stereocenters. The van der Waals surface area contributed by atoms with Gasteiger partial charge in [0.1, 0.15) is 5.75 Å². The van der Waals surface area contributed by atoms with E-state index >= 15 is 0 Å². The summed E-state index contributed by atoms with van der Waals surface area (Å²) in [5.74, 6) is 0.778. The summed E-state index contributed by atoms with van der Waals surface area (Å²) in [6.07, 6.45) is 4.01. The van der Waals surface area contributed by atoms with Crippen LogP contribution in [0.1, 0.15) is 50.9 Å². The van der Waals surface area contributed by atoms with Crippen molar-refractivity contribution in [2.75, 3.05) is 13.7 Å². The molecule has 0 bridgehead atoms. The van der Waals surface area contributed by atoms with Crippen molar-refractivity contribution in [3.63, 3.8) is 0 Å². The average Bonchev–Trinajstić information content (AvgIpc) is 2.81. The minimum absolute atomic E-state index is 0.00817. The largest absolute Gasteiger partial charge is 0.497 e. The lowest BCUT2D eigenvalue weighted by atomic mass is 9.91. The van der Waals surface area contributed by atoms with Crippen LogP contribution >= 0.6 is 0 Å². The van der Waals surface area contributed by atoms with Gasteiger partial charge in [-0.2, -0.15) is 0 Å². The quantitative estimate of drug-likeness (QED) is 0.412. The number of carbonyl (C=O) groups is 1. The maximum Gasteiger partial charge on any atom is 0.229 e. The van der Waals surface area contributed by atoms with Crippen molar-refractivity contribution in [1.82, 2.24) is 10.6 Å². The van der Waals surface area contributed by atoms with E-state index in [1.807, 2.05) is 57.2 Å². The molecule has 168 valence electrons. The Labute approximate surface area is 191 Å². The number of hydrogen-bond acceptors (Lipinski definition) is 3. The maximum absolute atomic E-state index is 12.9. The third kappa shape index (κ3) is 5.77. The third-order valence-electron chi connectivity index (χ3n) is 5.89. The van der Waals surface area contributed by atoms with Crippen molar-refractivity contribution in [3.8, 4) is 5.75 Å². The van der Waals surface area contributed by atoms with E-state index in [0.717, 1.165) is 11.3 Å². The Morgan fingerprint density at radius 2 is 1.72 bits per heavy atom. The zero-order valence-electron chi connectivity index (χ0n) is 19.7. The molecular weight excluding hydrogens is 396 g/mol. The van der Waals surface area contributed by atoms with E-state index in [-0.39, 0.29) is 18.0 Å². The van der Waals surface area contributed by atoms with Crippen LogP contribution in [-0.4, -0.2) is 19.6 Å². The van der Waals surface area contributed by atoms with E-state index in [1.165, 1.54) is 16.3 Å². The van der Waals surface area contributed by atoms with Crippen LogP contribution in [0.15, 0.2) is 78.9 Å². The third-order valence-corrected chi connectivity index (χ3v) is 5.89. The maximum atomic E-state index is 12.9. The number of fused-ring (bicyclic) bond motifs is 1. The van der Waals surface area contributed by atoms with Gasteiger partial charge in [-0.1, -0.05) is 66.7 Å². The van der Waals surface area contributed by atoms with Gasteiger partial charge in [0.15, 0.2) is 0 Å². The van der Waals surface area contributed by atoms with Gasteiger partial charge in [0.2, 0.25) is 5.91 Å². The molecular formula is C28H34N2O2. The summed E-state index contributed by atoms with van der Waals surface area (Å²) in [5.41, 5.74) is 1.68. The van der Waals surface area contributed by atoms with Crippen LogP contribution in [0.2, 0.25) is 0 Å². The van der Waals surface area contributed by atoms with Crippen LogP contribution in [0.25, 0.3) is 10.8 Å². The highest BCUT2D eigenvalue weighted by atomic mass is 16.5. The molecule has 3 aromatic carbocycles. The van der Waals surface area contributed by atoms with E-state index in [4.69, 9.17) is 4.74 Å². The summed E-state index contributed by atoms with van der Waals surface area (Å²) in [5, 5.41) is 9.18. The Morgan fingerprint density at radius 1 is 1.00 bits per heavy atom. The van der Waals surface area contributed by atoms with E-state index in [2.05, 4.69) is 60.0 Å². The van der Waals surface area contributed by atoms with E-state index < -0.39 is 5.41 Å². The van der Waals surface area contributed by atoms with Gasteiger partial charge in [0, 0.05) is 12.6 Å². The van der Waals surface area contributed by atoms with Crippen molar-refractivity contribution >= 4 is 16.7 Å². The van der Waals surface area contributed by atoms with E-state index in [1.54, 1.807) is 7.11 Å². The molecule has 0 saturated carbocycles. The number of amides is 1.